The summed E-state index contributed by atoms with van der Waals surface area (Å²) in [6.45, 7) is 0.561. The fraction of sp³-hybridized carbons (Fsp3) is 0.200. The molecule has 0 atom stereocenters. The minimum absolute atomic E-state index is 0.199. The molecule has 3 aromatic rings. The van der Waals surface area contributed by atoms with Crippen LogP contribution in [0.25, 0.3) is 11.1 Å². The molecule has 140 valence electrons. The predicted octanol–water partition coefficient (Wildman–Crippen LogP) is 4.70. The molecule has 0 fully saturated rings. The number of carboxylic acid groups (broad SMARTS) is 1. The van der Waals surface area contributed by atoms with Gasteiger partial charge < -0.3 is 15.2 Å². The first kappa shape index (κ1) is 18.8. The van der Waals surface area contributed by atoms with E-state index in [9.17, 15) is 9.18 Å². The standard InChI is InChI=1S/C20H19FN2O3S/c1-26-15-7-5-14(6-8-15)16-9-4-13(11-17(16)21)3-2-10-22-19-18(20(24)25)27-12-23-19/h4-9,11-12,22H,2-3,10H2,1H3,(H,24,25). The first-order chi connectivity index (χ1) is 13.1. The molecular formula is C20H19FN2O3S. The Labute approximate surface area is 160 Å². The Balaban J connectivity index is 1.57. The van der Waals surface area contributed by atoms with Crippen molar-refractivity contribution < 1.29 is 19.0 Å². The number of aryl methyl sites for hydroxylation is 1. The van der Waals surface area contributed by atoms with Gasteiger partial charge in [0.25, 0.3) is 0 Å². The Bertz CT molecular complexity index is 925. The second kappa shape index (κ2) is 8.64. The maximum Gasteiger partial charge on any atom is 0.349 e. The molecule has 27 heavy (non-hydrogen) atoms. The average Bonchev–Trinajstić information content (AvgIpc) is 3.14. The lowest BCUT2D eigenvalue weighted by molar-refractivity contribution is 0.0703. The molecule has 0 bridgehead atoms. The SMILES string of the molecule is COc1ccc(-c2ccc(CCCNc3ncsc3C(=O)O)cc2F)cc1. The van der Waals surface area contributed by atoms with E-state index in [4.69, 9.17) is 9.84 Å². The smallest absolute Gasteiger partial charge is 0.349 e. The fourth-order valence-corrected chi connectivity index (χ4v) is 3.34. The number of aromatic nitrogens is 1. The van der Waals surface area contributed by atoms with Crippen molar-refractivity contribution in [3.05, 3.63) is 64.2 Å². The quantitative estimate of drug-likeness (QED) is 0.549. The van der Waals surface area contributed by atoms with Crippen LogP contribution in [-0.4, -0.2) is 29.7 Å². The Morgan fingerprint density at radius 3 is 2.70 bits per heavy atom. The molecule has 2 aromatic carbocycles. The van der Waals surface area contributed by atoms with E-state index in [2.05, 4.69) is 10.3 Å². The molecule has 0 aliphatic rings. The molecule has 1 aromatic heterocycles. The molecule has 0 aliphatic carbocycles. The van der Waals surface area contributed by atoms with Crippen LogP contribution in [0.4, 0.5) is 10.2 Å². The number of aromatic carboxylic acids is 1. The fourth-order valence-electron chi connectivity index (χ4n) is 2.74. The summed E-state index contributed by atoms with van der Waals surface area (Å²) in [5.41, 5.74) is 3.74. The van der Waals surface area contributed by atoms with E-state index in [-0.39, 0.29) is 10.7 Å². The van der Waals surface area contributed by atoms with Crippen LogP contribution in [0, 0.1) is 5.82 Å². The largest absolute Gasteiger partial charge is 0.497 e. The maximum atomic E-state index is 14.5. The third-order valence-electron chi connectivity index (χ3n) is 4.13. The highest BCUT2D eigenvalue weighted by molar-refractivity contribution is 7.12. The summed E-state index contributed by atoms with van der Waals surface area (Å²) in [6, 6.07) is 12.5. The van der Waals surface area contributed by atoms with E-state index < -0.39 is 5.97 Å². The summed E-state index contributed by atoms with van der Waals surface area (Å²) >= 11 is 1.09. The second-order valence-electron chi connectivity index (χ2n) is 5.91. The highest BCUT2D eigenvalue weighted by Crippen LogP contribution is 2.26. The van der Waals surface area contributed by atoms with Gasteiger partial charge in [0, 0.05) is 12.1 Å². The Morgan fingerprint density at radius 2 is 2.04 bits per heavy atom. The number of anilines is 1. The number of halogens is 1. The van der Waals surface area contributed by atoms with Crippen molar-refractivity contribution in [2.24, 2.45) is 0 Å². The number of carbonyl (C=O) groups is 1. The number of nitrogens with zero attached hydrogens (tertiary/aromatic N) is 1. The molecule has 0 aliphatic heterocycles. The Morgan fingerprint density at radius 1 is 1.26 bits per heavy atom. The molecule has 0 amide bonds. The van der Waals surface area contributed by atoms with Gasteiger partial charge in [0.15, 0.2) is 10.7 Å². The van der Waals surface area contributed by atoms with Gasteiger partial charge in [-0.25, -0.2) is 14.2 Å². The number of thiazole rings is 1. The zero-order chi connectivity index (χ0) is 19.2. The molecule has 3 rings (SSSR count). The van der Waals surface area contributed by atoms with Gasteiger partial charge >= 0.3 is 5.97 Å². The van der Waals surface area contributed by atoms with Crippen LogP contribution in [0.1, 0.15) is 21.7 Å². The molecular weight excluding hydrogens is 367 g/mol. The molecule has 0 spiro atoms. The van der Waals surface area contributed by atoms with Gasteiger partial charge in [0.1, 0.15) is 11.6 Å². The molecule has 0 unspecified atom stereocenters. The summed E-state index contributed by atoms with van der Waals surface area (Å²) in [5.74, 6) is -0.141. The summed E-state index contributed by atoms with van der Waals surface area (Å²) in [5, 5.41) is 12.1. The normalized spacial score (nSPS) is 10.6. The third kappa shape index (κ3) is 4.62. The maximum absolute atomic E-state index is 14.5. The van der Waals surface area contributed by atoms with Crippen LogP contribution in [0.2, 0.25) is 0 Å². The van der Waals surface area contributed by atoms with Crippen molar-refractivity contribution >= 4 is 23.1 Å². The molecule has 2 N–H and O–H groups in total. The summed E-state index contributed by atoms with van der Waals surface area (Å²) < 4.78 is 19.6. The van der Waals surface area contributed by atoms with Crippen molar-refractivity contribution in [3.8, 4) is 16.9 Å². The molecule has 0 radical (unpaired) electrons. The number of benzene rings is 2. The van der Waals surface area contributed by atoms with Crippen LogP contribution in [0.3, 0.4) is 0 Å². The third-order valence-corrected chi connectivity index (χ3v) is 4.95. The van der Waals surface area contributed by atoms with Gasteiger partial charge in [-0.2, -0.15) is 0 Å². The molecule has 5 nitrogen and oxygen atoms in total. The molecule has 0 saturated heterocycles. The highest BCUT2D eigenvalue weighted by Gasteiger charge is 2.12. The number of carboxylic acids is 1. The van der Waals surface area contributed by atoms with E-state index in [1.165, 1.54) is 5.51 Å². The lowest BCUT2D eigenvalue weighted by atomic mass is 10.0. The first-order valence-corrected chi connectivity index (χ1v) is 9.30. The number of ether oxygens (including phenoxy) is 1. The second-order valence-corrected chi connectivity index (χ2v) is 6.76. The Kier molecular flexibility index (Phi) is 6.03. The predicted molar refractivity (Wildman–Crippen MR) is 104 cm³/mol. The summed E-state index contributed by atoms with van der Waals surface area (Å²) in [7, 11) is 1.59. The van der Waals surface area contributed by atoms with Crippen LogP contribution in [0.15, 0.2) is 48.0 Å². The number of nitrogens with one attached hydrogen (secondary N) is 1. The number of rotatable bonds is 8. The van der Waals surface area contributed by atoms with Gasteiger partial charge in [-0.15, -0.1) is 11.3 Å². The monoisotopic (exact) mass is 386 g/mol. The topological polar surface area (TPSA) is 71.5 Å². The van der Waals surface area contributed by atoms with E-state index in [1.54, 1.807) is 31.4 Å². The average molecular weight is 386 g/mol. The van der Waals surface area contributed by atoms with E-state index in [0.29, 0.717) is 24.3 Å². The Hall–Kier alpha value is -2.93. The van der Waals surface area contributed by atoms with Gasteiger partial charge in [-0.1, -0.05) is 24.3 Å². The minimum atomic E-state index is -0.990. The van der Waals surface area contributed by atoms with Crippen molar-refractivity contribution in [3.63, 3.8) is 0 Å². The van der Waals surface area contributed by atoms with E-state index >= 15 is 0 Å². The van der Waals surface area contributed by atoms with Crippen LogP contribution >= 0.6 is 11.3 Å². The van der Waals surface area contributed by atoms with E-state index in [0.717, 1.165) is 34.6 Å². The summed E-state index contributed by atoms with van der Waals surface area (Å²) in [6.07, 6.45) is 1.41. The van der Waals surface area contributed by atoms with Crippen LogP contribution < -0.4 is 10.1 Å². The van der Waals surface area contributed by atoms with Crippen LogP contribution in [-0.2, 0) is 6.42 Å². The number of hydrogen-bond donors (Lipinski definition) is 2. The lowest BCUT2D eigenvalue weighted by Crippen LogP contribution is -2.07. The molecule has 7 heteroatoms. The van der Waals surface area contributed by atoms with Gasteiger partial charge in [-0.05, 0) is 42.2 Å². The van der Waals surface area contributed by atoms with Gasteiger partial charge in [-0.3, -0.25) is 0 Å². The van der Waals surface area contributed by atoms with Crippen molar-refractivity contribution in [2.45, 2.75) is 12.8 Å². The summed E-state index contributed by atoms with van der Waals surface area (Å²) in [4.78, 5) is 15.3. The van der Waals surface area contributed by atoms with Gasteiger partial charge in [0.2, 0.25) is 0 Å². The number of hydrogen-bond acceptors (Lipinski definition) is 5. The van der Waals surface area contributed by atoms with Gasteiger partial charge in [0.05, 0.1) is 12.6 Å². The van der Waals surface area contributed by atoms with Crippen molar-refractivity contribution in [1.82, 2.24) is 4.98 Å². The first-order valence-electron chi connectivity index (χ1n) is 8.42. The highest BCUT2D eigenvalue weighted by atomic mass is 32.1. The van der Waals surface area contributed by atoms with Crippen molar-refractivity contribution in [2.75, 3.05) is 19.0 Å². The minimum Gasteiger partial charge on any atom is -0.497 e. The van der Waals surface area contributed by atoms with E-state index in [1.807, 2.05) is 18.2 Å². The molecule has 1 heterocycles. The van der Waals surface area contributed by atoms with Crippen LogP contribution in [0.5, 0.6) is 5.75 Å². The van der Waals surface area contributed by atoms with Crippen molar-refractivity contribution in [1.29, 1.82) is 0 Å². The zero-order valence-corrected chi connectivity index (χ0v) is 15.6. The lowest BCUT2D eigenvalue weighted by Gasteiger charge is -2.08. The molecule has 0 saturated carbocycles. The number of methoxy groups -OCH3 is 1. The zero-order valence-electron chi connectivity index (χ0n) is 14.7.